The summed E-state index contributed by atoms with van der Waals surface area (Å²) in [5.41, 5.74) is 1.06. The highest BCUT2D eigenvalue weighted by Gasteiger charge is 2.21. The Kier molecular flexibility index (Phi) is 6.52. The summed E-state index contributed by atoms with van der Waals surface area (Å²) >= 11 is 0. The molecule has 1 rings (SSSR count). The fourth-order valence-corrected chi connectivity index (χ4v) is 2.13. The topological polar surface area (TPSA) is 58.6 Å². The Labute approximate surface area is 121 Å². The number of carboxylic acids is 1. The lowest BCUT2D eigenvalue weighted by molar-refractivity contribution is -0.140. The molecule has 112 valence electrons. The number of nitrogens with one attached hydrogen (secondary N) is 1. The van der Waals surface area contributed by atoms with Crippen molar-refractivity contribution in [1.29, 1.82) is 0 Å². The largest absolute Gasteiger partial charge is 0.494 e. The molecule has 2 unspecified atom stereocenters. The Balaban J connectivity index is 2.68. The third-order valence-electron chi connectivity index (χ3n) is 3.15. The van der Waals surface area contributed by atoms with Crippen molar-refractivity contribution in [2.75, 3.05) is 6.61 Å². The van der Waals surface area contributed by atoms with Gasteiger partial charge in [-0.15, -0.1) is 0 Å². The predicted molar refractivity (Wildman–Crippen MR) is 80.0 cm³/mol. The van der Waals surface area contributed by atoms with E-state index in [0.717, 1.165) is 11.3 Å². The highest BCUT2D eigenvalue weighted by atomic mass is 16.5. The van der Waals surface area contributed by atoms with E-state index in [1.165, 1.54) is 0 Å². The molecule has 0 spiro atoms. The average molecular weight is 279 g/mol. The highest BCUT2D eigenvalue weighted by Crippen LogP contribution is 2.19. The molecule has 0 aliphatic rings. The highest BCUT2D eigenvalue weighted by molar-refractivity contribution is 5.73. The van der Waals surface area contributed by atoms with Crippen LogP contribution in [0.25, 0.3) is 0 Å². The van der Waals surface area contributed by atoms with Crippen LogP contribution in [0.4, 0.5) is 0 Å². The third-order valence-corrected chi connectivity index (χ3v) is 3.15. The standard InChI is InChI=1S/C16H25NO3/c1-5-20-14-8-6-13(7-9-14)12(4)17-15(16(18)19)10-11(2)3/h6-9,11-12,15,17H,5,10H2,1-4H3,(H,18,19). The first-order chi connectivity index (χ1) is 9.43. The lowest BCUT2D eigenvalue weighted by Gasteiger charge is -2.22. The molecule has 0 bridgehead atoms. The van der Waals surface area contributed by atoms with Crippen LogP contribution in [-0.4, -0.2) is 23.7 Å². The second kappa shape index (κ2) is 7.90. The van der Waals surface area contributed by atoms with E-state index in [1.807, 2.05) is 52.0 Å². The van der Waals surface area contributed by atoms with Crippen LogP contribution in [0.2, 0.25) is 0 Å². The molecule has 1 aromatic carbocycles. The molecular weight excluding hydrogens is 254 g/mol. The van der Waals surface area contributed by atoms with Crippen LogP contribution in [0.5, 0.6) is 5.75 Å². The first-order valence-corrected chi connectivity index (χ1v) is 7.15. The molecule has 4 nitrogen and oxygen atoms in total. The van der Waals surface area contributed by atoms with Crippen LogP contribution in [-0.2, 0) is 4.79 Å². The first kappa shape index (κ1) is 16.5. The van der Waals surface area contributed by atoms with Crippen molar-refractivity contribution >= 4 is 5.97 Å². The molecule has 0 aliphatic carbocycles. The van der Waals surface area contributed by atoms with Gasteiger partial charge < -0.3 is 9.84 Å². The zero-order valence-electron chi connectivity index (χ0n) is 12.7. The fraction of sp³-hybridized carbons (Fsp3) is 0.562. The molecule has 0 saturated heterocycles. The van der Waals surface area contributed by atoms with Crippen molar-refractivity contribution in [3.63, 3.8) is 0 Å². The molecule has 4 heteroatoms. The second-order valence-electron chi connectivity index (χ2n) is 5.41. The number of carbonyl (C=O) groups is 1. The summed E-state index contributed by atoms with van der Waals surface area (Å²) in [5.74, 6) is 0.382. The van der Waals surface area contributed by atoms with E-state index in [9.17, 15) is 9.90 Å². The molecule has 0 fully saturated rings. The number of aliphatic carboxylic acids is 1. The zero-order valence-corrected chi connectivity index (χ0v) is 12.7. The number of hydrogen-bond donors (Lipinski definition) is 2. The Bertz CT molecular complexity index is 414. The maximum Gasteiger partial charge on any atom is 0.320 e. The lowest BCUT2D eigenvalue weighted by Crippen LogP contribution is -2.39. The van der Waals surface area contributed by atoms with Crippen LogP contribution in [0.15, 0.2) is 24.3 Å². The van der Waals surface area contributed by atoms with Crippen LogP contribution in [0.3, 0.4) is 0 Å². The van der Waals surface area contributed by atoms with Gasteiger partial charge in [0, 0.05) is 6.04 Å². The maximum atomic E-state index is 11.3. The Morgan fingerprint density at radius 3 is 2.30 bits per heavy atom. The SMILES string of the molecule is CCOc1ccc(C(C)NC(CC(C)C)C(=O)O)cc1. The van der Waals surface area contributed by atoms with Crippen molar-refractivity contribution in [1.82, 2.24) is 5.32 Å². The van der Waals surface area contributed by atoms with Crippen LogP contribution < -0.4 is 10.1 Å². The Morgan fingerprint density at radius 2 is 1.85 bits per heavy atom. The monoisotopic (exact) mass is 279 g/mol. The minimum atomic E-state index is -0.795. The van der Waals surface area contributed by atoms with E-state index in [2.05, 4.69) is 5.32 Å². The van der Waals surface area contributed by atoms with Crippen LogP contribution in [0, 0.1) is 5.92 Å². The summed E-state index contributed by atoms with van der Waals surface area (Å²) in [6.07, 6.45) is 0.622. The van der Waals surface area contributed by atoms with Crippen molar-refractivity contribution in [2.24, 2.45) is 5.92 Å². The molecule has 2 atom stereocenters. The molecule has 0 aromatic heterocycles. The Morgan fingerprint density at radius 1 is 1.25 bits per heavy atom. The summed E-state index contributed by atoms with van der Waals surface area (Å²) in [4.78, 5) is 11.3. The van der Waals surface area contributed by atoms with Crippen molar-refractivity contribution < 1.29 is 14.6 Å². The van der Waals surface area contributed by atoms with Gasteiger partial charge in [0.2, 0.25) is 0 Å². The fourth-order valence-electron chi connectivity index (χ4n) is 2.13. The van der Waals surface area contributed by atoms with Gasteiger partial charge in [-0.05, 0) is 43.9 Å². The number of rotatable bonds is 8. The number of benzene rings is 1. The van der Waals surface area contributed by atoms with Gasteiger partial charge in [0.1, 0.15) is 11.8 Å². The third kappa shape index (κ3) is 5.21. The van der Waals surface area contributed by atoms with E-state index >= 15 is 0 Å². The van der Waals surface area contributed by atoms with Crippen molar-refractivity contribution in [3.8, 4) is 5.75 Å². The number of hydrogen-bond acceptors (Lipinski definition) is 3. The van der Waals surface area contributed by atoms with E-state index in [-0.39, 0.29) is 6.04 Å². The Hall–Kier alpha value is -1.55. The molecule has 0 amide bonds. The molecule has 0 heterocycles. The van der Waals surface area contributed by atoms with Crippen LogP contribution >= 0.6 is 0 Å². The smallest absolute Gasteiger partial charge is 0.320 e. The van der Waals surface area contributed by atoms with Gasteiger partial charge in [0.15, 0.2) is 0 Å². The maximum absolute atomic E-state index is 11.3. The average Bonchev–Trinajstić information content (AvgIpc) is 2.38. The van der Waals surface area contributed by atoms with E-state index in [4.69, 9.17) is 4.74 Å². The van der Waals surface area contributed by atoms with E-state index < -0.39 is 12.0 Å². The zero-order chi connectivity index (χ0) is 15.1. The van der Waals surface area contributed by atoms with Gasteiger partial charge in [0.25, 0.3) is 0 Å². The summed E-state index contributed by atoms with van der Waals surface area (Å²) in [7, 11) is 0. The molecular formula is C16H25NO3. The minimum Gasteiger partial charge on any atom is -0.494 e. The van der Waals surface area contributed by atoms with Gasteiger partial charge in [-0.25, -0.2) is 0 Å². The minimum absolute atomic E-state index is 0.00877. The predicted octanol–water partition coefficient (Wildman–Crippen LogP) is 3.24. The van der Waals surface area contributed by atoms with Gasteiger partial charge >= 0.3 is 5.97 Å². The summed E-state index contributed by atoms with van der Waals surface area (Å²) in [5, 5.41) is 12.4. The summed E-state index contributed by atoms with van der Waals surface area (Å²) < 4.78 is 5.40. The molecule has 1 aromatic rings. The van der Waals surface area contributed by atoms with Gasteiger partial charge in [-0.1, -0.05) is 26.0 Å². The van der Waals surface area contributed by atoms with E-state index in [1.54, 1.807) is 0 Å². The van der Waals surface area contributed by atoms with Crippen LogP contribution in [0.1, 0.15) is 45.7 Å². The van der Waals surface area contributed by atoms with Gasteiger partial charge in [-0.3, -0.25) is 10.1 Å². The molecule has 0 radical (unpaired) electrons. The quantitative estimate of drug-likeness (QED) is 0.767. The molecule has 2 N–H and O–H groups in total. The number of ether oxygens (including phenoxy) is 1. The first-order valence-electron chi connectivity index (χ1n) is 7.15. The summed E-state index contributed by atoms with van der Waals surface area (Å²) in [6, 6.07) is 7.24. The van der Waals surface area contributed by atoms with Gasteiger partial charge in [-0.2, -0.15) is 0 Å². The molecule has 20 heavy (non-hydrogen) atoms. The normalized spacial score (nSPS) is 14.1. The molecule has 0 saturated carbocycles. The second-order valence-corrected chi connectivity index (χ2v) is 5.41. The molecule has 0 aliphatic heterocycles. The number of carboxylic acid groups (broad SMARTS) is 1. The van der Waals surface area contributed by atoms with E-state index in [0.29, 0.717) is 18.9 Å². The van der Waals surface area contributed by atoms with Crippen molar-refractivity contribution in [3.05, 3.63) is 29.8 Å². The van der Waals surface area contributed by atoms with Crippen molar-refractivity contribution in [2.45, 2.75) is 46.2 Å². The van der Waals surface area contributed by atoms with Gasteiger partial charge in [0.05, 0.1) is 6.61 Å². The summed E-state index contributed by atoms with van der Waals surface area (Å²) in [6.45, 7) is 8.62. The lowest BCUT2D eigenvalue weighted by atomic mass is 10.0.